The quantitative estimate of drug-likeness (QED) is 0.171. The van der Waals surface area contributed by atoms with Crippen molar-refractivity contribution in [2.24, 2.45) is 0 Å². The van der Waals surface area contributed by atoms with E-state index >= 15 is 0 Å². The fraction of sp³-hybridized carbons (Fsp3) is 0.0189. The maximum atomic E-state index is 6.21. The molecule has 0 atom stereocenters. The van der Waals surface area contributed by atoms with Gasteiger partial charge in [-0.3, -0.25) is 9.97 Å². The predicted molar refractivity (Wildman–Crippen MR) is 230 cm³/mol. The van der Waals surface area contributed by atoms with E-state index in [9.17, 15) is 0 Å². The van der Waals surface area contributed by atoms with Crippen LogP contribution in [-0.2, 0) is 5.41 Å². The van der Waals surface area contributed by atoms with Gasteiger partial charge in [-0.2, -0.15) is 0 Å². The third-order valence-corrected chi connectivity index (χ3v) is 12.0. The molecular formula is C53H32N2O. The molecule has 9 aromatic carbocycles. The van der Waals surface area contributed by atoms with Crippen LogP contribution in [0.25, 0.3) is 87.9 Å². The van der Waals surface area contributed by atoms with Crippen LogP contribution in [0.4, 0.5) is 0 Å². The molecule has 0 amide bonds. The number of aromatic nitrogens is 2. The fourth-order valence-electron chi connectivity index (χ4n) is 9.56. The zero-order valence-corrected chi connectivity index (χ0v) is 30.3. The normalized spacial score (nSPS) is 13.1. The lowest BCUT2D eigenvalue weighted by Crippen LogP contribution is -2.28. The molecular weight excluding hydrogens is 681 g/mol. The van der Waals surface area contributed by atoms with Crippen LogP contribution < -0.4 is 0 Å². The summed E-state index contributed by atoms with van der Waals surface area (Å²) in [5, 5.41) is 6.86. The van der Waals surface area contributed by atoms with Gasteiger partial charge >= 0.3 is 0 Å². The van der Waals surface area contributed by atoms with Crippen molar-refractivity contribution in [1.82, 2.24) is 9.97 Å². The lowest BCUT2D eigenvalue weighted by molar-refractivity contribution is 0.669. The number of hydrogen-bond donors (Lipinski definition) is 0. The minimum absolute atomic E-state index is 0.555. The largest absolute Gasteiger partial charge is 0.456 e. The molecule has 0 radical (unpaired) electrons. The standard InChI is InChI=1S/C53H32N2O/c1-3-11-37(12-4-1)53(38-13-5-2-6-14-38)47-31-35(33-21-25-44-45(29-33)39-15-7-8-17-43(39)51-52(44)55-28-27-54-51)19-23-40(47)41-24-20-36(32-48(41)53)34-22-26-50-46(30-34)42-16-9-10-18-49(42)56-50/h1-32H. The molecule has 0 fully saturated rings. The van der Waals surface area contributed by atoms with Gasteiger partial charge in [0, 0.05) is 33.9 Å². The van der Waals surface area contributed by atoms with Crippen LogP contribution in [0.2, 0.25) is 0 Å². The molecule has 0 bridgehead atoms. The van der Waals surface area contributed by atoms with Gasteiger partial charge in [-0.25, -0.2) is 0 Å². The topological polar surface area (TPSA) is 38.9 Å². The van der Waals surface area contributed by atoms with Crippen LogP contribution in [0.1, 0.15) is 22.3 Å². The molecule has 3 heteroatoms. The van der Waals surface area contributed by atoms with Gasteiger partial charge < -0.3 is 4.42 Å². The Balaban J connectivity index is 1.10. The molecule has 0 saturated carbocycles. The van der Waals surface area contributed by atoms with E-state index in [2.05, 4.69) is 170 Å². The van der Waals surface area contributed by atoms with E-state index in [1.807, 2.05) is 12.1 Å². The Morgan fingerprint density at radius 3 is 1.45 bits per heavy atom. The van der Waals surface area contributed by atoms with E-state index in [0.29, 0.717) is 0 Å². The fourth-order valence-corrected chi connectivity index (χ4v) is 9.56. The first kappa shape index (κ1) is 31.0. The van der Waals surface area contributed by atoms with E-state index in [-0.39, 0.29) is 0 Å². The second-order valence-corrected chi connectivity index (χ2v) is 14.9. The molecule has 0 unspecified atom stereocenters. The highest BCUT2D eigenvalue weighted by molar-refractivity contribution is 6.23. The molecule has 56 heavy (non-hydrogen) atoms. The molecule has 0 saturated heterocycles. The van der Waals surface area contributed by atoms with Crippen molar-refractivity contribution in [2.75, 3.05) is 0 Å². The minimum Gasteiger partial charge on any atom is -0.456 e. The molecule has 1 aliphatic rings. The second-order valence-electron chi connectivity index (χ2n) is 14.9. The molecule has 0 N–H and O–H groups in total. The van der Waals surface area contributed by atoms with Crippen molar-refractivity contribution in [3.63, 3.8) is 0 Å². The Kier molecular flexibility index (Phi) is 6.55. The van der Waals surface area contributed by atoms with E-state index < -0.39 is 5.41 Å². The molecule has 1 aliphatic carbocycles. The van der Waals surface area contributed by atoms with Crippen molar-refractivity contribution < 1.29 is 4.42 Å². The maximum Gasteiger partial charge on any atom is 0.135 e. The average Bonchev–Trinajstić information content (AvgIpc) is 3.79. The summed E-state index contributed by atoms with van der Waals surface area (Å²) < 4.78 is 6.21. The summed E-state index contributed by atoms with van der Waals surface area (Å²) in [5.41, 5.74) is 15.4. The lowest BCUT2D eigenvalue weighted by Gasteiger charge is -2.34. The summed E-state index contributed by atoms with van der Waals surface area (Å²) in [6.07, 6.45) is 3.57. The maximum absolute atomic E-state index is 6.21. The van der Waals surface area contributed by atoms with Gasteiger partial charge in [-0.05, 0) is 103 Å². The number of hydrogen-bond acceptors (Lipinski definition) is 3. The Bertz CT molecular complexity index is 3290. The van der Waals surface area contributed by atoms with Crippen molar-refractivity contribution in [1.29, 1.82) is 0 Å². The van der Waals surface area contributed by atoms with Crippen LogP contribution in [-0.4, -0.2) is 9.97 Å². The smallest absolute Gasteiger partial charge is 0.135 e. The van der Waals surface area contributed by atoms with Crippen molar-refractivity contribution >= 4 is 54.5 Å². The first-order valence-electron chi connectivity index (χ1n) is 19.1. The molecule has 2 heterocycles. The van der Waals surface area contributed by atoms with E-state index in [1.54, 1.807) is 12.4 Å². The third-order valence-electron chi connectivity index (χ3n) is 12.0. The van der Waals surface area contributed by atoms with Gasteiger partial charge in [0.25, 0.3) is 0 Å². The first-order valence-corrected chi connectivity index (χ1v) is 19.1. The molecule has 0 aliphatic heterocycles. The van der Waals surface area contributed by atoms with E-state index in [1.165, 1.54) is 66.4 Å². The number of fused-ring (bicyclic) bond motifs is 12. The van der Waals surface area contributed by atoms with Crippen LogP contribution in [0, 0.1) is 0 Å². The number of para-hydroxylation sites is 1. The van der Waals surface area contributed by atoms with E-state index in [0.717, 1.165) is 43.7 Å². The summed E-state index contributed by atoms with van der Waals surface area (Å²) in [4.78, 5) is 9.56. The minimum atomic E-state index is -0.555. The zero-order chi connectivity index (χ0) is 36.8. The summed E-state index contributed by atoms with van der Waals surface area (Å²) in [6.45, 7) is 0. The predicted octanol–water partition coefficient (Wildman–Crippen LogP) is 13.5. The molecule has 260 valence electrons. The number of nitrogens with zero attached hydrogens (tertiary/aromatic N) is 2. The molecule has 11 aromatic rings. The highest BCUT2D eigenvalue weighted by Crippen LogP contribution is 2.57. The Morgan fingerprint density at radius 2 is 0.804 bits per heavy atom. The van der Waals surface area contributed by atoms with Crippen LogP contribution in [0.15, 0.2) is 199 Å². The highest BCUT2D eigenvalue weighted by atomic mass is 16.3. The van der Waals surface area contributed by atoms with Crippen LogP contribution in [0.3, 0.4) is 0 Å². The SMILES string of the molecule is c1ccc(C2(c3ccccc3)c3cc(-c4ccc5oc6ccccc6c5c4)ccc3-c3ccc(-c4ccc5c(c4)c4ccccc4c4nccnc54)cc32)cc1. The summed E-state index contributed by atoms with van der Waals surface area (Å²) in [7, 11) is 0. The van der Waals surface area contributed by atoms with Crippen molar-refractivity contribution in [3.8, 4) is 33.4 Å². The third kappa shape index (κ3) is 4.34. The zero-order valence-electron chi connectivity index (χ0n) is 30.3. The van der Waals surface area contributed by atoms with Gasteiger partial charge in [-0.15, -0.1) is 0 Å². The molecule has 12 rings (SSSR count). The van der Waals surface area contributed by atoms with E-state index in [4.69, 9.17) is 14.4 Å². The van der Waals surface area contributed by atoms with Gasteiger partial charge in [0.05, 0.1) is 16.4 Å². The Labute approximate surface area is 323 Å². The van der Waals surface area contributed by atoms with Gasteiger partial charge in [0.15, 0.2) is 0 Å². The highest BCUT2D eigenvalue weighted by Gasteiger charge is 2.46. The molecule has 2 aromatic heterocycles. The van der Waals surface area contributed by atoms with Crippen LogP contribution in [0.5, 0.6) is 0 Å². The monoisotopic (exact) mass is 712 g/mol. The second kappa shape index (κ2) is 11.8. The average molecular weight is 713 g/mol. The Morgan fingerprint density at radius 1 is 0.339 bits per heavy atom. The van der Waals surface area contributed by atoms with Gasteiger partial charge in [0.2, 0.25) is 0 Å². The first-order chi connectivity index (χ1) is 27.8. The summed E-state index contributed by atoms with van der Waals surface area (Å²) >= 11 is 0. The summed E-state index contributed by atoms with van der Waals surface area (Å²) in [6, 6.07) is 66.5. The number of benzene rings is 9. The van der Waals surface area contributed by atoms with Gasteiger partial charge in [0.1, 0.15) is 11.2 Å². The molecule has 3 nitrogen and oxygen atoms in total. The Hall–Kier alpha value is -7.36. The van der Waals surface area contributed by atoms with Gasteiger partial charge in [-0.1, -0.05) is 146 Å². The lowest BCUT2D eigenvalue weighted by atomic mass is 9.67. The number of furan rings is 1. The van der Waals surface area contributed by atoms with Crippen LogP contribution >= 0.6 is 0 Å². The molecule has 0 spiro atoms. The van der Waals surface area contributed by atoms with Crippen molar-refractivity contribution in [2.45, 2.75) is 5.41 Å². The number of rotatable bonds is 4. The van der Waals surface area contributed by atoms with Crippen molar-refractivity contribution in [3.05, 3.63) is 217 Å². The summed E-state index contributed by atoms with van der Waals surface area (Å²) in [5.74, 6) is 0.